The third kappa shape index (κ3) is 3.00. The lowest BCUT2D eigenvalue weighted by Crippen LogP contribution is -2.23. The normalized spacial score (nSPS) is 19.0. The molecule has 0 spiro atoms. The summed E-state index contributed by atoms with van der Waals surface area (Å²) >= 11 is 0. The van der Waals surface area contributed by atoms with Crippen LogP contribution < -0.4 is 5.43 Å². The van der Waals surface area contributed by atoms with Gasteiger partial charge in [0.25, 0.3) is 0 Å². The van der Waals surface area contributed by atoms with E-state index < -0.39 is 0 Å². The molecule has 0 unspecified atom stereocenters. The molecular formula is C17H19NO3. The van der Waals surface area contributed by atoms with E-state index in [1.807, 2.05) is 0 Å². The number of hydrogen-bond donors (Lipinski definition) is 1. The Morgan fingerprint density at radius 3 is 2.81 bits per heavy atom. The van der Waals surface area contributed by atoms with Crippen molar-refractivity contribution in [2.75, 3.05) is 6.54 Å². The third-order valence-corrected chi connectivity index (χ3v) is 4.05. The van der Waals surface area contributed by atoms with E-state index in [-0.39, 0.29) is 11.2 Å². The van der Waals surface area contributed by atoms with Gasteiger partial charge in [-0.25, -0.2) is 0 Å². The van der Waals surface area contributed by atoms with Crippen molar-refractivity contribution >= 4 is 0 Å². The van der Waals surface area contributed by atoms with Gasteiger partial charge in [0, 0.05) is 12.1 Å². The second-order valence-corrected chi connectivity index (χ2v) is 5.64. The highest BCUT2D eigenvalue weighted by molar-refractivity contribution is 5.25. The number of nitrogens with zero attached hydrogens (tertiary/aromatic N) is 1. The Balaban J connectivity index is 1.79. The number of benzene rings is 1. The molecule has 1 aliphatic heterocycles. The Kier molecular flexibility index (Phi) is 3.80. The topological polar surface area (TPSA) is 53.7 Å². The van der Waals surface area contributed by atoms with Crippen LogP contribution >= 0.6 is 0 Å². The van der Waals surface area contributed by atoms with Gasteiger partial charge in [-0.15, -0.1) is 0 Å². The van der Waals surface area contributed by atoms with Crippen LogP contribution in [0.2, 0.25) is 0 Å². The SMILES string of the molecule is Cc1ccc([C@H]2CCCN2Cc2cc(=O)c(O)co2)cc1. The zero-order chi connectivity index (χ0) is 14.8. The highest BCUT2D eigenvalue weighted by Crippen LogP contribution is 2.33. The predicted octanol–water partition coefficient (Wildman–Crippen LogP) is 2.99. The quantitative estimate of drug-likeness (QED) is 0.942. The number of aromatic hydroxyl groups is 1. The average molecular weight is 285 g/mol. The molecule has 1 saturated heterocycles. The molecule has 110 valence electrons. The average Bonchev–Trinajstić information content (AvgIpc) is 2.92. The molecule has 1 aromatic heterocycles. The number of likely N-dealkylation sites (tertiary alicyclic amines) is 1. The summed E-state index contributed by atoms with van der Waals surface area (Å²) in [5, 5.41) is 9.24. The van der Waals surface area contributed by atoms with E-state index >= 15 is 0 Å². The molecule has 1 atom stereocenters. The summed E-state index contributed by atoms with van der Waals surface area (Å²) in [5.41, 5.74) is 2.18. The molecule has 0 aliphatic carbocycles. The number of aryl methyl sites for hydroxylation is 1. The summed E-state index contributed by atoms with van der Waals surface area (Å²) in [6.45, 7) is 3.67. The van der Waals surface area contributed by atoms with Gasteiger partial charge in [0.05, 0.1) is 6.54 Å². The van der Waals surface area contributed by atoms with Gasteiger partial charge in [-0.3, -0.25) is 9.69 Å². The second kappa shape index (κ2) is 5.74. The van der Waals surface area contributed by atoms with E-state index in [0.717, 1.165) is 25.6 Å². The van der Waals surface area contributed by atoms with Crippen molar-refractivity contribution in [3.63, 3.8) is 0 Å². The molecule has 2 aromatic rings. The lowest BCUT2D eigenvalue weighted by Gasteiger charge is -2.24. The third-order valence-electron chi connectivity index (χ3n) is 4.05. The summed E-state index contributed by atoms with van der Waals surface area (Å²) in [4.78, 5) is 13.8. The lowest BCUT2D eigenvalue weighted by molar-refractivity contribution is 0.224. The zero-order valence-electron chi connectivity index (χ0n) is 12.1. The van der Waals surface area contributed by atoms with Gasteiger partial charge >= 0.3 is 0 Å². The molecule has 1 N–H and O–H groups in total. The molecule has 3 rings (SSSR count). The molecule has 2 heterocycles. The molecule has 0 radical (unpaired) electrons. The summed E-state index contributed by atoms with van der Waals surface area (Å²) < 4.78 is 5.31. The Hall–Kier alpha value is -2.07. The van der Waals surface area contributed by atoms with Crippen LogP contribution in [0.15, 0.2) is 45.8 Å². The highest BCUT2D eigenvalue weighted by atomic mass is 16.4. The van der Waals surface area contributed by atoms with E-state index in [9.17, 15) is 9.90 Å². The van der Waals surface area contributed by atoms with Gasteiger partial charge in [0.1, 0.15) is 12.0 Å². The fourth-order valence-electron chi connectivity index (χ4n) is 2.91. The predicted molar refractivity (Wildman–Crippen MR) is 80.2 cm³/mol. The van der Waals surface area contributed by atoms with Crippen molar-refractivity contribution in [3.05, 3.63) is 63.7 Å². The van der Waals surface area contributed by atoms with E-state index in [1.165, 1.54) is 17.2 Å². The Labute approximate surface area is 123 Å². The molecule has 21 heavy (non-hydrogen) atoms. The summed E-state index contributed by atoms with van der Waals surface area (Å²) in [7, 11) is 0. The van der Waals surface area contributed by atoms with Crippen LogP contribution in [0.25, 0.3) is 0 Å². The largest absolute Gasteiger partial charge is 0.502 e. The monoisotopic (exact) mass is 285 g/mol. The van der Waals surface area contributed by atoms with Crippen LogP contribution in [0.1, 0.15) is 35.8 Å². The van der Waals surface area contributed by atoms with Crippen molar-refractivity contribution in [1.82, 2.24) is 4.90 Å². The first kappa shape index (κ1) is 13.9. The first-order valence-corrected chi connectivity index (χ1v) is 7.25. The van der Waals surface area contributed by atoms with E-state index in [0.29, 0.717) is 18.3 Å². The van der Waals surface area contributed by atoms with Crippen LogP contribution in [0.5, 0.6) is 5.75 Å². The van der Waals surface area contributed by atoms with Crippen molar-refractivity contribution < 1.29 is 9.52 Å². The second-order valence-electron chi connectivity index (χ2n) is 5.64. The molecule has 0 saturated carbocycles. The van der Waals surface area contributed by atoms with Crippen molar-refractivity contribution in [3.8, 4) is 5.75 Å². The standard InChI is InChI=1S/C17H19NO3/c1-12-4-6-13(7-5-12)15-3-2-8-18(15)10-14-9-16(19)17(20)11-21-14/h4-7,9,11,15,20H,2-3,8,10H2,1H3/t15-/m1/s1. The Morgan fingerprint density at radius 2 is 2.10 bits per heavy atom. The fraction of sp³-hybridized carbons (Fsp3) is 0.353. The number of rotatable bonds is 3. The van der Waals surface area contributed by atoms with Crippen molar-refractivity contribution in [2.45, 2.75) is 32.4 Å². The van der Waals surface area contributed by atoms with Gasteiger partial charge in [-0.2, -0.15) is 0 Å². The molecule has 4 heteroatoms. The zero-order valence-corrected chi connectivity index (χ0v) is 12.1. The van der Waals surface area contributed by atoms with Gasteiger partial charge < -0.3 is 9.52 Å². The maximum absolute atomic E-state index is 11.5. The maximum atomic E-state index is 11.5. The first-order chi connectivity index (χ1) is 10.1. The van der Waals surface area contributed by atoms with Crippen LogP contribution in [0.4, 0.5) is 0 Å². The van der Waals surface area contributed by atoms with Crippen LogP contribution in [-0.4, -0.2) is 16.6 Å². The van der Waals surface area contributed by atoms with E-state index in [2.05, 4.69) is 36.1 Å². The molecule has 0 bridgehead atoms. The minimum absolute atomic E-state index is 0.338. The highest BCUT2D eigenvalue weighted by Gasteiger charge is 2.26. The van der Waals surface area contributed by atoms with Crippen LogP contribution in [0.3, 0.4) is 0 Å². The molecule has 1 fully saturated rings. The van der Waals surface area contributed by atoms with Crippen molar-refractivity contribution in [1.29, 1.82) is 0 Å². The summed E-state index contributed by atoms with van der Waals surface area (Å²) in [6.07, 6.45) is 3.38. The minimum atomic E-state index is -0.387. The van der Waals surface area contributed by atoms with Crippen LogP contribution in [-0.2, 0) is 6.54 Å². The molecule has 1 aromatic carbocycles. The molecular weight excluding hydrogens is 266 g/mol. The Morgan fingerprint density at radius 1 is 1.33 bits per heavy atom. The summed E-state index contributed by atoms with van der Waals surface area (Å²) in [6, 6.07) is 10.3. The molecule has 4 nitrogen and oxygen atoms in total. The van der Waals surface area contributed by atoms with Gasteiger partial charge in [-0.05, 0) is 31.9 Å². The van der Waals surface area contributed by atoms with E-state index in [4.69, 9.17) is 4.42 Å². The van der Waals surface area contributed by atoms with Gasteiger partial charge in [-0.1, -0.05) is 29.8 Å². The smallest absolute Gasteiger partial charge is 0.226 e. The maximum Gasteiger partial charge on any atom is 0.226 e. The Bertz CT molecular complexity index is 675. The van der Waals surface area contributed by atoms with Crippen molar-refractivity contribution in [2.24, 2.45) is 0 Å². The minimum Gasteiger partial charge on any atom is -0.502 e. The van der Waals surface area contributed by atoms with Gasteiger partial charge in [0.15, 0.2) is 5.75 Å². The summed E-state index contributed by atoms with van der Waals surface area (Å²) in [5.74, 6) is 0.257. The number of hydrogen-bond acceptors (Lipinski definition) is 4. The lowest BCUT2D eigenvalue weighted by atomic mass is 10.0. The van der Waals surface area contributed by atoms with Crippen LogP contribution in [0, 0.1) is 6.92 Å². The fourth-order valence-corrected chi connectivity index (χ4v) is 2.91. The van der Waals surface area contributed by atoms with Gasteiger partial charge in [0.2, 0.25) is 5.43 Å². The molecule has 0 amide bonds. The van der Waals surface area contributed by atoms with E-state index in [1.54, 1.807) is 0 Å². The molecule has 1 aliphatic rings. The first-order valence-electron chi connectivity index (χ1n) is 7.25.